The van der Waals surface area contributed by atoms with Crippen LogP contribution in [-0.2, 0) is 0 Å². The number of aliphatic hydroxyl groups excluding tert-OH is 1. The predicted octanol–water partition coefficient (Wildman–Crippen LogP) is 1.19. The SMILES string of the molecule is CCCCN(CCO)CC1(CC(=N)N)CC1. The van der Waals surface area contributed by atoms with E-state index in [2.05, 4.69) is 11.8 Å². The van der Waals surface area contributed by atoms with Crippen LogP contribution in [0.1, 0.15) is 39.0 Å². The van der Waals surface area contributed by atoms with Crippen molar-refractivity contribution < 1.29 is 5.11 Å². The molecule has 1 rings (SSSR count). The molecule has 0 unspecified atom stereocenters. The molecular weight excluding hydrogens is 202 g/mol. The van der Waals surface area contributed by atoms with Gasteiger partial charge in [-0.3, -0.25) is 5.41 Å². The maximum Gasteiger partial charge on any atom is 0.0911 e. The summed E-state index contributed by atoms with van der Waals surface area (Å²) in [5.74, 6) is 0.303. The molecule has 0 aromatic carbocycles. The lowest BCUT2D eigenvalue weighted by Crippen LogP contribution is -2.35. The fourth-order valence-corrected chi connectivity index (χ4v) is 2.24. The number of hydrogen-bond donors (Lipinski definition) is 3. The zero-order chi connectivity index (χ0) is 12.0. The van der Waals surface area contributed by atoms with Gasteiger partial charge in [0.05, 0.1) is 12.4 Å². The molecule has 16 heavy (non-hydrogen) atoms. The highest BCUT2D eigenvalue weighted by atomic mass is 16.3. The number of nitrogens with two attached hydrogens (primary N) is 1. The molecule has 1 aliphatic rings. The van der Waals surface area contributed by atoms with Crippen LogP contribution in [0, 0.1) is 10.8 Å². The van der Waals surface area contributed by atoms with Crippen LogP contribution in [0.25, 0.3) is 0 Å². The summed E-state index contributed by atoms with van der Waals surface area (Å²) in [4.78, 5) is 2.32. The van der Waals surface area contributed by atoms with Gasteiger partial charge in [0.25, 0.3) is 0 Å². The highest BCUT2D eigenvalue weighted by Crippen LogP contribution is 2.49. The first kappa shape index (κ1) is 13.5. The second-order valence-corrected chi connectivity index (χ2v) is 5.06. The standard InChI is InChI=1S/C12H25N3O/c1-2-3-6-15(7-8-16)10-12(4-5-12)9-11(13)14/h16H,2-10H2,1H3,(H3,13,14). The predicted molar refractivity (Wildman–Crippen MR) is 66.6 cm³/mol. The first-order valence-electron chi connectivity index (χ1n) is 6.28. The lowest BCUT2D eigenvalue weighted by Gasteiger charge is -2.26. The van der Waals surface area contributed by atoms with Crippen LogP contribution < -0.4 is 5.73 Å². The summed E-state index contributed by atoms with van der Waals surface area (Å²) in [7, 11) is 0. The largest absolute Gasteiger partial charge is 0.395 e. The van der Waals surface area contributed by atoms with E-state index < -0.39 is 0 Å². The number of nitrogens with zero attached hydrogens (tertiary/aromatic N) is 1. The molecule has 1 saturated carbocycles. The highest BCUT2D eigenvalue weighted by molar-refractivity contribution is 5.78. The molecule has 0 radical (unpaired) electrons. The average Bonchev–Trinajstić information content (AvgIpc) is 2.93. The van der Waals surface area contributed by atoms with Gasteiger partial charge < -0.3 is 15.7 Å². The molecule has 0 aromatic heterocycles. The van der Waals surface area contributed by atoms with Crippen molar-refractivity contribution in [2.24, 2.45) is 11.1 Å². The van der Waals surface area contributed by atoms with Crippen molar-refractivity contribution in [2.45, 2.75) is 39.0 Å². The molecule has 0 saturated heterocycles. The zero-order valence-corrected chi connectivity index (χ0v) is 10.3. The molecule has 4 nitrogen and oxygen atoms in total. The van der Waals surface area contributed by atoms with Crippen molar-refractivity contribution in [3.05, 3.63) is 0 Å². The molecule has 0 aromatic rings. The minimum Gasteiger partial charge on any atom is -0.395 e. The molecule has 4 N–H and O–H groups in total. The van der Waals surface area contributed by atoms with Gasteiger partial charge in [-0.2, -0.15) is 0 Å². The number of unbranched alkanes of at least 4 members (excludes halogenated alkanes) is 1. The Morgan fingerprint density at radius 2 is 2.12 bits per heavy atom. The van der Waals surface area contributed by atoms with Crippen molar-refractivity contribution in [1.82, 2.24) is 4.90 Å². The van der Waals surface area contributed by atoms with Crippen LogP contribution in [0.5, 0.6) is 0 Å². The molecule has 0 aliphatic heterocycles. The van der Waals surface area contributed by atoms with Crippen LogP contribution in [0.4, 0.5) is 0 Å². The van der Waals surface area contributed by atoms with Crippen molar-refractivity contribution in [1.29, 1.82) is 5.41 Å². The second-order valence-electron chi connectivity index (χ2n) is 5.06. The van der Waals surface area contributed by atoms with E-state index >= 15 is 0 Å². The summed E-state index contributed by atoms with van der Waals surface area (Å²) in [6.07, 6.45) is 5.44. The summed E-state index contributed by atoms with van der Waals surface area (Å²) >= 11 is 0. The molecule has 4 heteroatoms. The summed E-state index contributed by atoms with van der Waals surface area (Å²) < 4.78 is 0. The molecule has 0 spiro atoms. The van der Waals surface area contributed by atoms with Gasteiger partial charge in [0, 0.05) is 19.5 Å². The van der Waals surface area contributed by atoms with Gasteiger partial charge in [0.15, 0.2) is 0 Å². The number of nitrogens with one attached hydrogen (secondary N) is 1. The summed E-state index contributed by atoms with van der Waals surface area (Å²) in [6.45, 7) is 5.20. The van der Waals surface area contributed by atoms with Crippen molar-refractivity contribution in [2.75, 3.05) is 26.2 Å². The molecule has 94 valence electrons. The number of hydrogen-bond acceptors (Lipinski definition) is 3. The lowest BCUT2D eigenvalue weighted by molar-refractivity contribution is 0.168. The summed E-state index contributed by atoms with van der Waals surface area (Å²) in [5.41, 5.74) is 5.74. The van der Waals surface area contributed by atoms with Crippen LogP contribution in [0.15, 0.2) is 0 Å². The topological polar surface area (TPSA) is 73.3 Å². The van der Waals surface area contributed by atoms with Gasteiger partial charge in [-0.25, -0.2) is 0 Å². The Labute approximate surface area is 98.3 Å². The van der Waals surface area contributed by atoms with E-state index in [1.54, 1.807) is 0 Å². The Morgan fingerprint density at radius 3 is 2.56 bits per heavy atom. The number of aliphatic hydroxyl groups is 1. The Bertz CT molecular complexity index is 226. The van der Waals surface area contributed by atoms with Gasteiger partial charge in [0.2, 0.25) is 0 Å². The summed E-state index contributed by atoms with van der Waals surface area (Å²) in [5, 5.41) is 16.4. The minimum absolute atomic E-state index is 0.222. The van der Waals surface area contributed by atoms with E-state index in [1.165, 1.54) is 25.7 Å². The normalized spacial score (nSPS) is 17.7. The fourth-order valence-electron chi connectivity index (χ4n) is 2.24. The van der Waals surface area contributed by atoms with Gasteiger partial charge in [0.1, 0.15) is 0 Å². The van der Waals surface area contributed by atoms with Crippen LogP contribution in [-0.4, -0.2) is 42.1 Å². The third-order valence-corrected chi connectivity index (χ3v) is 3.33. The van der Waals surface area contributed by atoms with Gasteiger partial charge in [-0.1, -0.05) is 13.3 Å². The third kappa shape index (κ3) is 4.49. The number of rotatable bonds is 9. The molecule has 0 heterocycles. The quantitative estimate of drug-likeness (QED) is 0.409. The van der Waals surface area contributed by atoms with E-state index in [0.29, 0.717) is 5.84 Å². The summed E-state index contributed by atoms with van der Waals surface area (Å²) in [6, 6.07) is 0. The van der Waals surface area contributed by atoms with Gasteiger partial charge >= 0.3 is 0 Å². The van der Waals surface area contributed by atoms with Gasteiger partial charge in [-0.05, 0) is 31.2 Å². The average molecular weight is 227 g/mol. The lowest BCUT2D eigenvalue weighted by atomic mass is 10.0. The molecule has 0 atom stereocenters. The molecule has 1 fully saturated rings. The molecule has 0 bridgehead atoms. The molecule has 1 aliphatic carbocycles. The third-order valence-electron chi connectivity index (χ3n) is 3.33. The van der Waals surface area contributed by atoms with Crippen molar-refractivity contribution in [3.63, 3.8) is 0 Å². The van der Waals surface area contributed by atoms with E-state index in [0.717, 1.165) is 26.1 Å². The molecular formula is C12H25N3O. The first-order chi connectivity index (χ1) is 7.62. The monoisotopic (exact) mass is 227 g/mol. The van der Waals surface area contributed by atoms with Crippen LogP contribution in [0.2, 0.25) is 0 Å². The van der Waals surface area contributed by atoms with Crippen LogP contribution >= 0.6 is 0 Å². The molecule has 0 amide bonds. The smallest absolute Gasteiger partial charge is 0.0911 e. The van der Waals surface area contributed by atoms with Gasteiger partial charge in [-0.15, -0.1) is 0 Å². The maximum atomic E-state index is 9.03. The maximum absolute atomic E-state index is 9.03. The van der Waals surface area contributed by atoms with Crippen molar-refractivity contribution in [3.8, 4) is 0 Å². The highest BCUT2D eigenvalue weighted by Gasteiger charge is 2.43. The van der Waals surface area contributed by atoms with E-state index in [1.807, 2.05) is 0 Å². The van der Waals surface area contributed by atoms with E-state index in [9.17, 15) is 0 Å². The first-order valence-corrected chi connectivity index (χ1v) is 6.28. The zero-order valence-electron chi connectivity index (χ0n) is 10.3. The fraction of sp³-hybridized carbons (Fsp3) is 0.917. The van der Waals surface area contributed by atoms with Crippen molar-refractivity contribution >= 4 is 5.84 Å². The minimum atomic E-state index is 0.222. The number of amidine groups is 1. The Hall–Kier alpha value is -0.610. The van der Waals surface area contributed by atoms with E-state index in [-0.39, 0.29) is 12.0 Å². The Morgan fingerprint density at radius 1 is 1.44 bits per heavy atom. The van der Waals surface area contributed by atoms with E-state index in [4.69, 9.17) is 16.2 Å². The second kappa shape index (κ2) is 6.21. The Balaban J connectivity index is 2.37. The Kier molecular flexibility index (Phi) is 5.22. The van der Waals surface area contributed by atoms with Crippen LogP contribution in [0.3, 0.4) is 0 Å².